The van der Waals surface area contributed by atoms with E-state index < -0.39 is 9.84 Å². The van der Waals surface area contributed by atoms with Gasteiger partial charge in [-0.1, -0.05) is 18.2 Å². The summed E-state index contributed by atoms with van der Waals surface area (Å²) in [6.07, 6.45) is 1.08. The van der Waals surface area contributed by atoms with Gasteiger partial charge in [-0.3, -0.25) is 9.59 Å². The first-order valence-electron chi connectivity index (χ1n) is 9.54. The van der Waals surface area contributed by atoms with Crippen LogP contribution in [0.4, 0.5) is 11.4 Å². The highest BCUT2D eigenvalue weighted by Gasteiger charge is 2.31. The van der Waals surface area contributed by atoms with Crippen LogP contribution in [0.2, 0.25) is 0 Å². The molecule has 0 spiro atoms. The Morgan fingerprint density at radius 3 is 2.86 bits per heavy atom. The maximum absolute atomic E-state index is 12.8. The first-order valence-corrected chi connectivity index (χ1v) is 12.2. The number of thioether (sulfide) groups is 1. The Balaban J connectivity index is 1.50. The average molecular weight is 431 g/mol. The number of amides is 2. The van der Waals surface area contributed by atoms with Crippen molar-refractivity contribution < 1.29 is 18.0 Å². The highest BCUT2D eigenvalue weighted by Crippen LogP contribution is 2.34. The van der Waals surface area contributed by atoms with Crippen LogP contribution in [0.3, 0.4) is 0 Å². The summed E-state index contributed by atoms with van der Waals surface area (Å²) < 4.78 is 25.7. The Bertz CT molecular complexity index is 1080. The maximum atomic E-state index is 12.8. The number of carbonyl (C=O) groups excluding carboxylic acids is 2. The van der Waals surface area contributed by atoms with Crippen molar-refractivity contribution in [3.8, 4) is 0 Å². The quantitative estimate of drug-likeness (QED) is 0.805. The maximum Gasteiger partial charge on any atom is 0.228 e. The van der Waals surface area contributed by atoms with E-state index in [-0.39, 0.29) is 34.9 Å². The van der Waals surface area contributed by atoms with Gasteiger partial charge in [0.25, 0.3) is 0 Å². The standard InChI is InChI=1S/C21H22N2O4S2/c1-14-12-15-4-2-3-5-18(15)23(14)21(25)9-11-29(26,27)16-6-7-19-17(13-16)22-20(24)8-10-28-19/h2-7,13-14H,8-12H2,1H3,(H,22,24). The number of nitrogens with zero attached hydrogens (tertiary/aromatic N) is 1. The molecule has 1 unspecified atom stereocenters. The van der Waals surface area contributed by atoms with Crippen molar-refractivity contribution >= 4 is 44.8 Å². The topological polar surface area (TPSA) is 83.6 Å². The summed E-state index contributed by atoms with van der Waals surface area (Å²) in [6.45, 7) is 1.97. The lowest BCUT2D eigenvalue weighted by atomic mass is 10.1. The molecule has 2 amide bonds. The van der Waals surface area contributed by atoms with Gasteiger partial charge in [0.2, 0.25) is 11.8 Å². The van der Waals surface area contributed by atoms with Crippen LogP contribution in [0.15, 0.2) is 52.3 Å². The lowest BCUT2D eigenvalue weighted by Crippen LogP contribution is -2.36. The van der Waals surface area contributed by atoms with E-state index in [1.807, 2.05) is 31.2 Å². The fourth-order valence-electron chi connectivity index (χ4n) is 3.80. The van der Waals surface area contributed by atoms with E-state index in [1.165, 1.54) is 17.8 Å². The average Bonchev–Trinajstić information content (AvgIpc) is 2.90. The molecule has 0 radical (unpaired) electrons. The van der Waals surface area contributed by atoms with Crippen molar-refractivity contribution in [3.05, 3.63) is 48.0 Å². The summed E-state index contributed by atoms with van der Waals surface area (Å²) in [5.41, 5.74) is 2.49. The third-order valence-corrected chi connectivity index (χ3v) is 8.02. The zero-order valence-electron chi connectivity index (χ0n) is 16.1. The van der Waals surface area contributed by atoms with Crippen LogP contribution < -0.4 is 10.2 Å². The Morgan fingerprint density at radius 2 is 2.03 bits per heavy atom. The van der Waals surface area contributed by atoms with Gasteiger partial charge >= 0.3 is 0 Å². The van der Waals surface area contributed by atoms with Crippen molar-refractivity contribution in [2.24, 2.45) is 0 Å². The Morgan fingerprint density at radius 1 is 1.24 bits per heavy atom. The van der Waals surface area contributed by atoms with Gasteiger partial charge in [-0.05, 0) is 43.2 Å². The minimum absolute atomic E-state index is 0.0161. The second-order valence-corrected chi connectivity index (χ2v) is 10.6. The van der Waals surface area contributed by atoms with Crippen molar-refractivity contribution in [1.29, 1.82) is 0 Å². The first kappa shape index (κ1) is 20.0. The fourth-order valence-corrected chi connectivity index (χ4v) is 5.99. The normalized spacial score (nSPS) is 18.6. The highest BCUT2D eigenvalue weighted by molar-refractivity contribution is 7.99. The van der Waals surface area contributed by atoms with Crippen molar-refractivity contribution in [2.45, 2.75) is 42.0 Å². The fraction of sp³-hybridized carbons (Fsp3) is 0.333. The summed E-state index contributed by atoms with van der Waals surface area (Å²) in [5.74, 6) is 0.0822. The largest absolute Gasteiger partial charge is 0.325 e. The minimum Gasteiger partial charge on any atom is -0.325 e. The van der Waals surface area contributed by atoms with Gasteiger partial charge in [-0.25, -0.2) is 8.42 Å². The summed E-state index contributed by atoms with van der Waals surface area (Å²) in [7, 11) is -3.65. The molecule has 2 aliphatic rings. The minimum atomic E-state index is -3.65. The van der Waals surface area contributed by atoms with Gasteiger partial charge in [0.15, 0.2) is 9.84 Å². The molecule has 2 aromatic carbocycles. The molecule has 0 fully saturated rings. The van der Waals surface area contributed by atoms with E-state index >= 15 is 0 Å². The number of benzene rings is 2. The zero-order chi connectivity index (χ0) is 20.6. The Kier molecular flexibility index (Phi) is 5.40. The lowest BCUT2D eigenvalue weighted by molar-refractivity contribution is -0.118. The first-order chi connectivity index (χ1) is 13.8. The number of nitrogens with one attached hydrogen (secondary N) is 1. The van der Waals surface area contributed by atoms with Crippen molar-refractivity contribution in [3.63, 3.8) is 0 Å². The predicted molar refractivity (Wildman–Crippen MR) is 114 cm³/mol. The predicted octanol–water partition coefficient (Wildman–Crippen LogP) is 3.26. The molecule has 8 heteroatoms. The van der Waals surface area contributed by atoms with Crippen LogP contribution >= 0.6 is 11.8 Å². The van der Waals surface area contributed by atoms with Gasteiger partial charge in [-0.15, -0.1) is 11.8 Å². The van der Waals surface area contributed by atoms with Gasteiger partial charge in [-0.2, -0.15) is 0 Å². The molecule has 2 aliphatic heterocycles. The van der Waals surface area contributed by atoms with Gasteiger partial charge < -0.3 is 10.2 Å². The van der Waals surface area contributed by atoms with E-state index in [0.717, 1.165) is 22.6 Å². The van der Waals surface area contributed by atoms with Crippen LogP contribution in [0.25, 0.3) is 0 Å². The second-order valence-electron chi connectivity index (χ2n) is 7.32. The molecular weight excluding hydrogens is 408 g/mol. The molecule has 1 atom stereocenters. The summed E-state index contributed by atoms with van der Waals surface area (Å²) in [5, 5.41) is 2.76. The molecule has 152 valence electrons. The Hall–Kier alpha value is -2.32. The number of fused-ring (bicyclic) bond motifs is 2. The number of anilines is 2. The molecule has 2 heterocycles. The van der Waals surface area contributed by atoms with Crippen LogP contribution in [-0.2, 0) is 25.8 Å². The van der Waals surface area contributed by atoms with E-state index in [4.69, 9.17) is 0 Å². The van der Waals surface area contributed by atoms with E-state index in [0.29, 0.717) is 17.9 Å². The third kappa shape index (κ3) is 4.04. The lowest BCUT2D eigenvalue weighted by Gasteiger charge is -2.22. The molecule has 4 rings (SSSR count). The van der Waals surface area contributed by atoms with E-state index in [1.54, 1.807) is 17.0 Å². The number of rotatable bonds is 4. The molecule has 0 aliphatic carbocycles. The number of para-hydroxylation sites is 1. The third-order valence-electron chi connectivity index (χ3n) is 5.23. The summed E-state index contributed by atoms with van der Waals surface area (Å²) in [4.78, 5) is 27.3. The molecule has 0 saturated carbocycles. The summed E-state index contributed by atoms with van der Waals surface area (Å²) >= 11 is 1.52. The van der Waals surface area contributed by atoms with E-state index in [9.17, 15) is 18.0 Å². The Labute approximate surface area is 174 Å². The monoisotopic (exact) mass is 430 g/mol. The van der Waals surface area contributed by atoms with Crippen LogP contribution in [0.1, 0.15) is 25.3 Å². The molecule has 2 aromatic rings. The van der Waals surface area contributed by atoms with Gasteiger partial charge in [0.1, 0.15) is 0 Å². The van der Waals surface area contributed by atoms with Crippen LogP contribution in [0.5, 0.6) is 0 Å². The molecule has 29 heavy (non-hydrogen) atoms. The van der Waals surface area contributed by atoms with Crippen molar-refractivity contribution in [2.75, 3.05) is 21.7 Å². The molecule has 0 bridgehead atoms. The zero-order valence-corrected chi connectivity index (χ0v) is 17.7. The number of sulfone groups is 1. The number of hydrogen-bond donors (Lipinski definition) is 1. The molecule has 0 saturated heterocycles. The smallest absolute Gasteiger partial charge is 0.228 e. The van der Waals surface area contributed by atoms with Crippen LogP contribution in [-0.4, -0.2) is 37.8 Å². The van der Waals surface area contributed by atoms with Crippen LogP contribution in [0, 0.1) is 0 Å². The summed E-state index contributed by atoms with van der Waals surface area (Å²) in [6, 6.07) is 12.5. The number of carbonyl (C=O) groups is 2. The molecule has 0 aromatic heterocycles. The van der Waals surface area contributed by atoms with Gasteiger partial charge in [0, 0.05) is 35.2 Å². The molecule has 1 N–H and O–H groups in total. The van der Waals surface area contributed by atoms with Crippen molar-refractivity contribution in [1.82, 2.24) is 0 Å². The molecule has 6 nitrogen and oxygen atoms in total. The van der Waals surface area contributed by atoms with Gasteiger partial charge in [0.05, 0.1) is 16.3 Å². The SMILES string of the molecule is CC1Cc2ccccc2N1C(=O)CCS(=O)(=O)c1ccc2c(c1)NC(=O)CCS2. The molecular formula is C21H22N2O4S2. The van der Waals surface area contributed by atoms with E-state index in [2.05, 4.69) is 5.32 Å². The second kappa shape index (κ2) is 7.84. The highest BCUT2D eigenvalue weighted by atomic mass is 32.2. The number of hydrogen-bond acceptors (Lipinski definition) is 5.